The summed E-state index contributed by atoms with van der Waals surface area (Å²) in [5, 5.41) is 0. The lowest BCUT2D eigenvalue weighted by atomic mass is 9.80. The van der Waals surface area contributed by atoms with E-state index in [1.807, 2.05) is 13.1 Å². The molecule has 0 aliphatic heterocycles. The third-order valence-corrected chi connectivity index (χ3v) is 4.54. The maximum Gasteiger partial charge on any atom is 0.328 e. The summed E-state index contributed by atoms with van der Waals surface area (Å²) in [6.45, 7) is 0. The Labute approximate surface area is 112 Å². The molecule has 0 bridgehead atoms. The first-order chi connectivity index (χ1) is 9.08. The Morgan fingerprint density at radius 2 is 1.95 bits per heavy atom. The van der Waals surface area contributed by atoms with Crippen LogP contribution in [-0.4, -0.2) is 9.13 Å². The predicted molar refractivity (Wildman–Crippen MR) is 77.0 cm³/mol. The van der Waals surface area contributed by atoms with Gasteiger partial charge in [-0.15, -0.1) is 0 Å². The zero-order chi connectivity index (χ0) is 13.6. The van der Waals surface area contributed by atoms with E-state index >= 15 is 0 Å². The minimum atomic E-state index is 0.0136. The van der Waals surface area contributed by atoms with Crippen LogP contribution in [0.3, 0.4) is 0 Å². The van der Waals surface area contributed by atoms with Crippen molar-refractivity contribution in [3.63, 3.8) is 0 Å². The molecule has 4 nitrogen and oxygen atoms in total. The lowest BCUT2D eigenvalue weighted by molar-refractivity contribution is 0.277. The van der Waals surface area contributed by atoms with Crippen molar-refractivity contribution in [2.24, 2.45) is 25.7 Å². The molecule has 1 aliphatic rings. The van der Waals surface area contributed by atoms with Gasteiger partial charge in [-0.3, -0.25) is 9.13 Å². The molecular formula is C15H21N3O. The van der Waals surface area contributed by atoms with Gasteiger partial charge in [-0.1, -0.05) is 25.3 Å². The summed E-state index contributed by atoms with van der Waals surface area (Å²) in [6.07, 6.45) is 5.05. The molecule has 1 saturated carbocycles. The van der Waals surface area contributed by atoms with Gasteiger partial charge in [0.15, 0.2) is 0 Å². The predicted octanol–water partition coefficient (Wildman–Crippen LogP) is 2.07. The van der Waals surface area contributed by atoms with Gasteiger partial charge in [-0.25, -0.2) is 4.79 Å². The fourth-order valence-electron chi connectivity index (χ4n) is 2.98. The van der Waals surface area contributed by atoms with E-state index < -0.39 is 0 Å². The van der Waals surface area contributed by atoms with E-state index in [1.54, 1.807) is 16.2 Å². The maximum absolute atomic E-state index is 11.9. The quantitative estimate of drug-likeness (QED) is 0.917. The molecule has 0 amide bonds. The van der Waals surface area contributed by atoms with Crippen molar-refractivity contribution < 1.29 is 0 Å². The highest BCUT2D eigenvalue weighted by Gasteiger charge is 2.21. The number of fused-ring (bicyclic) bond motifs is 1. The number of hydrogen-bond donors (Lipinski definition) is 1. The molecule has 1 aromatic carbocycles. The highest BCUT2D eigenvalue weighted by Crippen LogP contribution is 2.34. The molecule has 19 heavy (non-hydrogen) atoms. The summed E-state index contributed by atoms with van der Waals surface area (Å²) in [4.78, 5) is 11.9. The maximum atomic E-state index is 11.9. The average molecular weight is 259 g/mol. The molecule has 0 saturated heterocycles. The van der Waals surface area contributed by atoms with E-state index in [1.165, 1.54) is 19.3 Å². The van der Waals surface area contributed by atoms with Crippen molar-refractivity contribution in [1.82, 2.24) is 9.13 Å². The van der Waals surface area contributed by atoms with Gasteiger partial charge < -0.3 is 5.73 Å². The van der Waals surface area contributed by atoms with E-state index in [2.05, 4.69) is 12.1 Å². The van der Waals surface area contributed by atoms with Crippen molar-refractivity contribution in [2.45, 2.75) is 31.7 Å². The number of benzene rings is 1. The van der Waals surface area contributed by atoms with Crippen LogP contribution in [-0.2, 0) is 14.1 Å². The van der Waals surface area contributed by atoms with Gasteiger partial charge in [0.05, 0.1) is 11.0 Å². The molecule has 0 radical (unpaired) electrons. The van der Waals surface area contributed by atoms with Crippen molar-refractivity contribution in [2.75, 3.05) is 0 Å². The van der Waals surface area contributed by atoms with Crippen LogP contribution in [0, 0.1) is 5.92 Å². The molecule has 1 fully saturated rings. The SMILES string of the molecule is Cn1c(=O)n(C)c2cc(C(N)CC3CCC3)ccc21. The monoisotopic (exact) mass is 259 g/mol. The van der Waals surface area contributed by atoms with Gasteiger partial charge in [0, 0.05) is 20.1 Å². The van der Waals surface area contributed by atoms with Crippen LogP contribution in [0.2, 0.25) is 0 Å². The molecular weight excluding hydrogens is 238 g/mol. The molecule has 2 N–H and O–H groups in total. The topological polar surface area (TPSA) is 53.0 Å². The highest BCUT2D eigenvalue weighted by atomic mass is 16.1. The second-order valence-corrected chi connectivity index (χ2v) is 5.79. The Balaban J connectivity index is 1.96. The van der Waals surface area contributed by atoms with Crippen LogP contribution in [0.15, 0.2) is 23.0 Å². The van der Waals surface area contributed by atoms with Gasteiger partial charge in [-0.05, 0) is 30.0 Å². The standard InChI is InChI=1S/C15H21N3O/c1-17-13-7-6-11(9-14(13)18(2)15(17)19)12(16)8-10-4-3-5-10/h6-7,9-10,12H,3-5,8,16H2,1-2H3. The lowest BCUT2D eigenvalue weighted by Gasteiger charge is -2.28. The average Bonchev–Trinajstić information content (AvgIpc) is 2.58. The smallest absolute Gasteiger partial charge is 0.324 e. The number of rotatable bonds is 3. The van der Waals surface area contributed by atoms with Crippen LogP contribution in [0.5, 0.6) is 0 Å². The second-order valence-electron chi connectivity index (χ2n) is 5.79. The summed E-state index contributed by atoms with van der Waals surface area (Å²) in [7, 11) is 3.62. The number of aromatic nitrogens is 2. The van der Waals surface area contributed by atoms with Crippen molar-refractivity contribution in [3.05, 3.63) is 34.2 Å². The number of nitrogens with zero attached hydrogens (tertiary/aromatic N) is 2. The molecule has 4 heteroatoms. The zero-order valence-electron chi connectivity index (χ0n) is 11.6. The summed E-state index contributed by atoms with van der Waals surface area (Å²) < 4.78 is 3.37. The Morgan fingerprint density at radius 1 is 1.26 bits per heavy atom. The molecule has 1 atom stereocenters. The Bertz CT molecular complexity index is 664. The van der Waals surface area contributed by atoms with Gasteiger partial charge in [-0.2, -0.15) is 0 Å². The molecule has 0 spiro atoms. The Hall–Kier alpha value is -1.55. The van der Waals surface area contributed by atoms with Crippen molar-refractivity contribution >= 4 is 11.0 Å². The van der Waals surface area contributed by atoms with Crippen LogP contribution < -0.4 is 11.4 Å². The third-order valence-electron chi connectivity index (χ3n) is 4.54. The van der Waals surface area contributed by atoms with Crippen molar-refractivity contribution in [3.8, 4) is 0 Å². The van der Waals surface area contributed by atoms with Gasteiger partial charge in [0.25, 0.3) is 0 Å². The van der Waals surface area contributed by atoms with Gasteiger partial charge in [0.1, 0.15) is 0 Å². The van der Waals surface area contributed by atoms with Crippen molar-refractivity contribution in [1.29, 1.82) is 0 Å². The summed E-state index contributed by atoms with van der Waals surface area (Å²) >= 11 is 0. The van der Waals surface area contributed by atoms with E-state index in [-0.39, 0.29) is 11.7 Å². The largest absolute Gasteiger partial charge is 0.328 e. The Morgan fingerprint density at radius 3 is 2.58 bits per heavy atom. The second kappa shape index (κ2) is 4.53. The molecule has 1 aliphatic carbocycles. The lowest BCUT2D eigenvalue weighted by Crippen LogP contribution is -2.20. The molecule has 1 unspecified atom stereocenters. The number of imidazole rings is 1. The van der Waals surface area contributed by atoms with E-state index in [0.717, 1.165) is 28.9 Å². The fourth-order valence-corrected chi connectivity index (χ4v) is 2.98. The first-order valence-electron chi connectivity index (χ1n) is 6.99. The molecule has 1 aromatic heterocycles. The molecule has 102 valence electrons. The van der Waals surface area contributed by atoms with E-state index in [9.17, 15) is 4.79 Å². The first kappa shape index (κ1) is 12.5. The van der Waals surface area contributed by atoms with Crippen LogP contribution in [0.1, 0.15) is 37.3 Å². The van der Waals surface area contributed by atoms with Crippen LogP contribution in [0.4, 0.5) is 0 Å². The Kier molecular flexibility index (Phi) is 2.97. The van der Waals surface area contributed by atoms with Gasteiger partial charge >= 0.3 is 5.69 Å². The molecule has 2 aromatic rings. The van der Waals surface area contributed by atoms with E-state index in [0.29, 0.717) is 0 Å². The normalized spacial score (nSPS) is 17.6. The number of hydrogen-bond acceptors (Lipinski definition) is 2. The summed E-state index contributed by atoms with van der Waals surface area (Å²) in [5.74, 6) is 0.797. The number of nitrogens with two attached hydrogens (primary N) is 1. The molecule has 3 rings (SSSR count). The minimum Gasteiger partial charge on any atom is -0.324 e. The molecule has 1 heterocycles. The fraction of sp³-hybridized carbons (Fsp3) is 0.533. The minimum absolute atomic E-state index is 0.0136. The summed E-state index contributed by atoms with van der Waals surface area (Å²) in [6, 6.07) is 6.22. The summed E-state index contributed by atoms with van der Waals surface area (Å²) in [5.41, 5.74) is 9.38. The van der Waals surface area contributed by atoms with Gasteiger partial charge in [0.2, 0.25) is 0 Å². The van der Waals surface area contributed by atoms with Crippen LogP contribution in [0.25, 0.3) is 11.0 Å². The number of aryl methyl sites for hydroxylation is 2. The zero-order valence-corrected chi connectivity index (χ0v) is 11.6. The third kappa shape index (κ3) is 2.00. The highest BCUT2D eigenvalue weighted by molar-refractivity contribution is 5.77. The van der Waals surface area contributed by atoms with E-state index in [4.69, 9.17) is 5.73 Å². The van der Waals surface area contributed by atoms with Crippen LogP contribution >= 0.6 is 0 Å². The first-order valence-corrected chi connectivity index (χ1v) is 6.99.